The van der Waals surface area contributed by atoms with Crippen LogP contribution in [0.5, 0.6) is 0 Å². The summed E-state index contributed by atoms with van der Waals surface area (Å²) in [5, 5.41) is 24.6. The van der Waals surface area contributed by atoms with Crippen molar-refractivity contribution in [3.8, 4) is 0 Å². The van der Waals surface area contributed by atoms with Crippen LogP contribution in [0.25, 0.3) is 0 Å². The minimum absolute atomic E-state index is 0.342. The molecule has 1 aliphatic rings. The van der Waals surface area contributed by atoms with E-state index >= 15 is 0 Å². The van der Waals surface area contributed by atoms with Crippen LogP contribution in [0.3, 0.4) is 0 Å². The van der Waals surface area contributed by atoms with E-state index in [4.69, 9.17) is 11.6 Å². The molecule has 1 aromatic carbocycles. The van der Waals surface area contributed by atoms with Crippen molar-refractivity contribution in [3.05, 3.63) is 34.9 Å². The molecule has 3 nitrogen and oxygen atoms in total. The Hall–Kier alpha value is -0.610. The van der Waals surface area contributed by atoms with E-state index in [1.807, 2.05) is 12.1 Å². The Morgan fingerprint density at radius 1 is 1.14 bits per heavy atom. The smallest absolute Gasteiger partial charge is 0.0914 e. The van der Waals surface area contributed by atoms with Crippen LogP contribution in [0.15, 0.2) is 24.3 Å². The van der Waals surface area contributed by atoms with Gasteiger partial charge in [0.1, 0.15) is 0 Å². The monoisotopic (exact) mass is 311 g/mol. The third-order valence-corrected chi connectivity index (χ3v) is 4.83. The van der Waals surface area contributed by atoms with Gasteiger partial charge in [0.25, 0.3) is 0 Å². The van der Waals surface area contributed by atoms with Gasteiger partial charge in [0.2, 0.25) is 0 Å². The van der Waals surface area contributed by atoms with Gasteiger partial charge in [0.15, 0.2) is 0 Å². The lowest BCUT2D eigenvalue weighted by Crippen LogP contribution is -2.45. The van der Waals surface area contributed by atoms with Crippen LogP contribution in [0.1, 0.15) is 51.2 Å². The molecular formula is C17H26ClNO2. The minimum Gasteiger partial charge on any atom is -0.389 e. The molecule has 1 aromatic rings. The van der Waals surface area contributed by atoms with E-state index in [0.29, 0.717) is 23.5 Å². The summed E-state index contributed by atoms with van der Waals surface area (Å²) in [6, 6.07) is 7.20. The Morgan fingerprint density at radius 2 is 1.71 bits per heavy atom. The maximum Gasteiger partial charge on any atom is 0.0914 e. The van der Waals surface area contributed by atoms with E-state index < -0.39 is 11.7 Å². The van der Waals surface area contributed by atoms with Crippen LogP contribution in [0.4, 0.5) is 0 Å². The summed E-state index contributed by atoms with van der Waals surface area (Å²) in [6.45, 7) is 5.48. The van der Waals surface area contributed by atoms with Gasteiger partial charge in [0.05, 0.1) is 11.7 Å². The lowest BCUT2D eigenvalue weighted by atomic mass is 9.71. The summed E-state index contributed by atoms with van der Waals surface area (Å²) in [6.07, 6.45) is 3.16. The topological polar surface area (TPSA) is 52.5 Å². The fourth-order valence-electron chi connectivity index (χ4n) is 2.81. The standard InChI is InChI=1S/C17H26ClNO2/c1-16(2)7-9-17(21,10-8-16)12-19-11-15(20)13-3-5-14(18)6-4-13/h3-6,15,19-21H,7-12H2,1-2H3. The van der Waals surface area contributed by atoms with Crippen molar-refractivity contribution in [2.75, 3.05) is 13.1 Å². The number of hydrogen-bond donors (Lipinski definition) is 3. The third kappa shape index (κ3) is 4.96. The molecule has 0 spiro atoms. The van der Waals surface area contributed by atoms with Gasteiger partial charge >= 0.3 is 0 Å². The largest absolute Gasteiger partial charge is 0.389 e. The number of hydrogen-bond acceptors (Lipinski definition) is 3. The zero-order valence-corrected chi connectivity index (χ0v) is 13.7. The van der Waals surface area contributed by atoms with Gasteiger partial charge in [-0.2, -0.15) is 0 Å². The first kappa shape index (κ1) is 16.8. The highest BCUT2D eigenvalue weighted by atomic mass is 35.5. The molecule has 4 heteroatoms. The first-order valence-corrected chi connectivity index (χ1v) is 8.04. The molecule has 0 aliphatic heterocycles. The van der Waals surface area contributed by atoms with Crippen molar-refractivity contribution in [1.82, 2.24) is 5.32 Å². The van der Waals surface area contributed by atoms with Crippen LogP contribution >= 0.6 is 11.6 Å². The normalized spacial score (nSPS) is 22.0. The summed E-state index contributed by atoms with van der Waals surface area (Å²) >= 11 is 5.83. The van der Waals surface area contributed by atoms with Crippen LogP contribution in [-0.2, 0) is 0 Å². The molecule has 0 amide bonds. The molecule has 0 saturated heterocycles. The highest BCUT2D eigenvalue weighted by molar-refractivity contribution is 6.30. The van der Waals surface area contributed by atoms with Gasteiger partial charge in [-0.3, -0.25) is 0 Å². The fraction of sp³-hybridized carbons (Fsp3) is 0.647. The average Bonchev–Trinajstić information content (AvgIpc) is 2.43. The first-order chi connectivity index (χ1) is 9.80. The molecule has 1 unspecified atom stereocenters. The predicted octanol–water partition coefficient (Wildman–Crippen LogP) is 3.29. The summed E-state index contributed by atoms with van der Waals surface area (Å²) in [5.74, 6) is 0. The summed E-state index contributed by atoms with van der Waals surface area (Å²) in [4.78, 5) is 0. The van der Waals surface area contributed by atoms with Crippen molar-refractivity contribution in [2.45, 2.75) is 51.2 Å². The Bertz CT molecular complexity index is 448. The molecule has 118 valence electrons. The zero-order chi connectivity index (χ0) is 15.5. The zero-order valence-electron chi connectivity index (χ0n) is 12.9. The van der Waals surface area contributed by atoms with Crippen molar-refractivity contribution in [2.24, 2.45) is 5.41 Å². The Kier molecular flexibility index (Phi) is 5.31. The molecule has 0 heterocycles. The predicted molar refractivity (Wildman–Crippen MR) is 86.5 cm³/mol. The molecule has 0 aromatic heterocycles. The maximum absolute atomic E-state index is 10.6. The second-order valence-electron chi connectivity index (χ2n) is 7.09. The number of halogens is 1. The number of aliphatic hydroxyl groups excluding tert-OH is 1. The van der Waals surface area contributed by atoms with Gasteiger partial charge < -0.3 is 15.5 Å². The highest BCUT2D eigenvalue weighted by Gasteiger charge is 2.36. The van der Waals surface area contributed by atoms with Crippen molar-refractivity contribution in [1.29, 1.82) is 0 Å². The second kappa shape index (κ2) is 6.66. The van der Waals surface area contributed by atoms with Crippen molar-refractivity contribution < 1.29 is 10.2 Å². The molecule has 21 heavy (non-hydrogen) atoms. The fourth-order valence-corrected chi connectivity index (χ4v) is 2.94. The first-order valence-electron chi connectivity index (χ1n) is 7.66. The number of benzene rings is 1. The van der Waals surface area contributed by atoms with Gasteiger partial charge in [-0.1, -0.05) is 37.6 Å². The summed E-state index contributed by atoms with van der Waals surface area (Å²) in [5.41, 5.74) is 0.549. The molecule has 1 aliphatic carbocycles. The molecule has 0 bridgehead atoms. The third-order valence-electron chi connectivity index (χ3n) is 4.58. The van der Waals surface area contributed by atoms with Crippen LogP contribution < -0.4 is 5.32 Å². The van der Waals surface area contributed by atoms with E-state index in [9.17, 15) is 10.2 Å². The quantitative estimate of drug-likeness (QED) is 0.782. The molecular weight excluding hydrogens is 286 g/mol. The summed E-state index contributed by atoms with van der Waals surface area (Å²) in [7, 11) is 0. The Morgan fingerprint density at radius 3 is 2.29 bits per heavy atom. The van der Waals surface area contributed by atoms with E-state index in [0.717, 1.165) is 31.2 Å². The van der Waals surface area contributed by atoms with Crippen LogP contribution in [0.2, 0.25) is 5.02 Å². The van der Waals surface area contributed by atoms with E-state index in [-0.39, 0.29) is 0 Å². The Balaban J connectivity index is 1.77. The van der Waals surface area contributed by atoms with Gasteiger partial charge in [-0.15, -0.1) is 0 Å². The van der Waals surface area contributed by atoms with Crippen LogP contribution in [0, 0.1) is 5.41 Å². The number of aliphatic hydroxyl groups is 2. The van der Waals surface area contributed by atoms with E-state index in [2.05, 4.69) is 19.2 Å². The lowest BCUT2D eigenvalue weighted by Gasteiger charge is -2.40. The van der Waals surface area contributed by atoms with Gasteiger partial charge in [-0.05, 0) is 48.8 Å². The number of rotatable bonds is 5. The van der Waals surface area contributed by atoms with Crippen molar-refractivity contribution >= 4 is 11.6 Å². The molecule has 1 saturated carbocycles. The molecule has 3 N–H and O–H groups in total. The van der Waals surface area contributed by atoms with Gasteiger partial charge in [0, 0.05) is 18.1 Å². The second-order valence-corrected chi connectivity index (χ2v) is 7.52. The maximum atomic E-state index is 10.6. The molecule has 1 atom stereocenters. The SMILES string of the molecule is CC1(C)CCC(O)(CNCC(O)c2ccc(Cl)cc2)CC1. The van der Waals surface area contributed by atoms with Gasteiger partial charge in [-0.25, -0.2) is 0 Å². The van der Waals surface area contributed by atoms with E-state index in [1.54, 1.807) is 12.1 Å². The lowest BCUT2D eigenvalue weighted by molar-refractivity contribution is -0.0258. The molecule has 2 rings (SSSR count). The molecule has 0 radical (unpaired) electrons. The minimum atomic E-state index is -0.630. The van der Waals surface area contributed by atoms with Crippen molar-refractivity contribution in [3.63, 3.8) is 0 Å². The summed E-state index contributed by atoms with van der Waals surface area (Å²) < 4.78 is 0. The highest BCUT2D eigenvalue weighted by Crippen LogP contribution is 2.39. The number of nitrogens with one attached hydrogen (secondary N) is 1. The van der Waals surface area contributed by atoms with Crippen LogP contribution in [-0.4, -0.2) is 28.9 Å². The Labute approximate surface area is 132 Å². The molecule has 1 fully saturated rings. The average molecular weight is 312 g/mol. The van der Waals surface area contributed by atoms with E-state index in [1.165, 1.54) is 0 Å².